The van der Waals surface area contributed by atoms with E-state index in [2.05, 4.69) is 20.6 Å². The maximum atomic E-state index is 12.9. The molecule has 0 saturated heterocycles. The number of sulfone groups is 1. The van der Waals surface area contributed by atoms with Crippen molar-refractivity contribution in [3.8, 4) is 0 Å². The first-order valence-electron chi connectivity index (χ1n) is 8.94. The summed E-state index contributed by atoms with van der Waals surface area (Å²) in [4.78, 5) is 32.9. The van der Waals surface area contributed by atoms with E-state index in [0.717, 1.165) is 11.8 Å². The zero-order chi connectivity index (χ0) is 22.3. The van der Waals surface area contributed by atoms with Crippen molar-refractivity contribution >= 4 is 44.9 Å². The summed E-state index contributed by atoms with van der Waals surface area (Å²) in [7, 11) is -2.48. The van der Waals surface area contributed by atoms with Gasteiger partial charge in [-0.15, -0.1) is 0 Å². The van der Waals surface area contributed by atoms with Gasteiger partial charge in [0.1, 0.15) is 6.04 Å². The fraction of sp³-hybridized carbons (Fsp3) is 0.368. The van der Waals surface area contributed by atoms with Crippen LogP contribution in [0.15, 0.2) is 35.6 Å². The summed E-state index contributed by atoms with van der Waals surface area (Å²) in [6, 6.07) is 6.39. The Labute approximate surface area is 179 Å². The third-order valence-electron chi connectivity index (χ3n) is 4.13. The zero-order valence-electron chi connectivity index (χ0n) is 17.1. The third-order valence-corrected chi connectivity index (χ3v) is 5.64. The number of aromatic nitrogens is 2. The highest BCUT2D eigenvalue weighted by Crippen LogP contribution is 2.20. The molecular formula is C19H24N4O5S2. The number of aryl methyl sites for hydroxylation is 1. The van der Waals surface area contributed by atoms with E-state index < -0.39 is 32.9 Å². The molecule has 1 atom stereocenters. The van der Waals surface area contributed by atoms with E-state index >= 15 is 0 Å². The molecule has 1 aromatic carbocycles. The number of thioether (sulfide) groups is 1. The van der Waals surface area contributed by atoms with Gasteiger partial charge in [-0.25, -0.2) is 23.2 Å². The second-order valence-corrected chi connectivity index (χ2v) is 9.35. The molecule has 9 nitrogen and oxygen atoms in total. The minimum atomic E-state index is -3.75. The number of amides is 1. The lowest BCUT2D eigenvalue weighted by molar-refractivity contribution is -0.141. The van der Waals surface area contributed by atoms with E-state index in [4.69, 9.17) is 4.74 Å². The van der Waals surface area contributed by atoms with Crippen LogP contribution in [-0.2, 0) is 19.4 Å². The Kier molecular flexibility index (Phi) is 8.18. The van der Waals surface area contributed by atoms with Crippen LogP contribution in [0.3, 0.4) is 0 Å². The first kappa shape index (κ1) is 23.6. The molecule has 1 heterocycles. The zero-order valence-corrected chi connectivity index (χ0v) is 18.8. The predicted octanol–water partition coefficient (Wildman–Crippen LogP) is 2.15. The Balaban J connectivity index is 2.45. The molecule has 2 aromatic rings. The predicted molar refractivity (Wildman–Crippen MR) is 117 cm³/mol. The molecular weight excluding hydrogens is 428 g/mol. The summed E-state index contributed by atoms with van der Waals surface area (Å²) in [5.41, 5.74) is 1.32. The summed E-state index contributed by atoms with van der Waals surface area (Å²) in [5, 5.41) is 5.16. The number of hydrogen-bond donors (Lipinski definition) is 2. The van der Waals surface area contributed by atoms with Crippen LogP contribution >= 0.6 is 11.8 Å². The summed E-state index contributed by atoms with van der Waals surface area (Å²) in [6.45, 7) is 1.83. The van der Waals surface area contributed by atoms with Gasteiger partial charge in [0.2, 0.25) is 15.0 Å². The number of methoxy groups -OCH3 is 1. The lowest BCUT2D eigenvalue weighted by Crippen LogP contribution is -2.33. The topological polar surface area (TPSA) is 127 Å². The Morgan fingerprint density at radius 1 is 1.23 bits per heavy atom. The molecule has 0 bridgehead atoms. The van der Waals surface area contributed by atoms with Gasteiger partial charge < -0.3 is 15.4 Å². The highest BCUT2D eigenvalue weighted by Gasteiger charge is 2.25. The molecule has 2 rings (SSSR count). The van der Waals surface area contributed by atoms with Crippen molar-refractivity contribution < 1.29 is 22.7 Å². The first-order valence-corrected chi connectivity index (χ1v) is 12.2. The molecule has 1 amide bonds. The average Bonchev–Trinajstić information content (AvgIpc) is 2.71. The van der Waals surface area contributed by atoms with Crippen molar-refractivity contribution in [2.75, 3.05) is 36.0 Å². The van der Waals surface area contributed by atoms with E-state index in [1.807, 2.05) is 25.3 Å². The van der Waals surface area contributed by atoms with Gasteiger partial charge in [-0.1, -0.05) is 18.2 Å². The SMILES string of the molecule is COC(=O)C(CCSC)Nc1cnc(S(C)(=O)=O)nc1C(=O)Nc1ccccc1C. The maximum Gasteiger partial charge on any atom is 0.328 e. The number of carbonyl (C=O) groups is 2. The fourth-order valence-electron chi connectivity index (χ4n) is 2.53. The smallest absolute Gasteiger partial charge is 0.328 e. The number of para-hydroxylation sites is 1. The summed E-state index contributed by atoms with van der Waals surface area (Å²) >= 11 is 1.55. The summed E-state index contributed by atoms with van der Waals surface area (Å²) in [6.07, 6.45) is 4.47. The Morgan fingerprint density at radius 3 is 2.53 bits per heavy atom. The number of nitrogens with zero attached hydrogens (tertiary/aromatic N) is 2. The molecule has 0 aliphatic carbocycles. The van der Waals surface area contributed by atoms with Crippen molar-refractivity contribution in [2.24, 2.45) is 0 Å². The van der Waals surface area contributed by atoms with Crippen LogP contribution < -0.4 is 10.6 Å². The molecule has 30 heavy (non-hydrogen) atoms. The van der Waals surface area contributed by atoms with Gasteiger partial charge >= 0.3 is 5.97 Å². The molecule has 0 aliphatic heterocycles. The van der Waals surface area contributed by atoms with Crippen LogP contribution in [0.4, 0.5) is 11.4 Å². The molecule has 11 heteroatoms. The normalized spacial score (nSPS) is 12.1. The van der Waals surface area contributed by atoms with E-state index in [-0.39, 0.29) is 11.4 Å². The molecule has 162 valence electrons. The minimum absolute atomic E-state index is 0.130. The van der Waals surface area contributed by atoms with Crippen LogP contribution in [0.25, 0.3) is 0 Å². The van der Waals surface area contributed by atoms with Crippen LogP contribution in [0, 0.1) is 6.92 Å². The lowest BCUT2D eigenvalue weighted by atomic mass is 10.2. The number of carbonyl (C=O) groups excluding carboxylic acids is 2. The number of hydrogen-bond acceptors (Lipinski definition) is 9. The van der Waals surface area contributed by atoms with Gasteiger partial charge in [-0.2, -0.15) is 11.8 Å². The molecule has 0 fully saturated rings. The Bertz CT molecular complexity index is 1030. The highest BCUT2D eigenvalue weighted by molar-refractivity contribution is 7.98. The van der Waals surface area contributed by atoms with Crippen LogP contribution in [0.5, 0.6) is 0 Å². The monoisotopic (exact) mass is 452 g/mol. The molecule has 0 saturated carbocycles. The fourth-order valence-corrected chi connectivity index (χ4v) is 3.50. The van der Waals surface area contributed by atoms with Crippen molar-refractivity contribution in [3.05, 3.63) is 41.7 Å². The summed E-state index contributed by atoms with van der Waals surface area (Å²) < 4.78 is 28.6. The van der Waals surface area contributed by atoms with Crippen LogP contribution in [0.2, 0.25) is 0 Å². The standard InChI is InChI=1S/C19H24N4O5S2/c1-12-7-5-6-8-13(12)22-17(24)16-15(11-20-19(23-16)30(4,26)27)21-14(9-10-29-3)18(25)28-2/h5-8,11,14,21H,9-10H2,1-4H3,(H,22,24). The van der Waals surface area contributed by atoms with E-state index in [9.17, 15) is 18.0 Å². The molecule has 1 aromatic heterocycles. The quantitative estimate of drug-likeness (QED) is 0.434. The third kappa shape index (κ3) is 6.17. The summed E-state index contributed by atoms with van der Waals surface area (Å²) in [5.74, 6) is -0.478. The van der Waals surface area contributed by atoms with Crippen molar-refractivity contribution in [2.45, 2.75) is 24.5 Å². The largest absolute Gasteiger partial charge is 0.467 e. The average molecular weight is 453 g/mol. The van der Waals surface area contributed by atoms with Gasteiger partial charge in [0.25, 0.3) is 5.91 Å². The van der Waals surface area contributed by atoms with Crippen LogP contribution in [-0.4, -0.2) is 61.7 Å². The van der Waals surface area contributed by atoms with Crippen molar-refractivity contribution in [1.82, 2.24) is 9.97 Å². The van der Waals surface area contributed by atoms with Crippen LogP contribution in [0.1, 0.15) is 22.5 Å². The van der Waals surface area contributed by atoms with Gasteiger partial charge in [-0.3, -0.25) is 4.79 Å². The number of rotatable bonds is 9. The first-order chi connectivity index (χ1) is 14.2. The lowest BCUT2D eigenvalue weighted by Gasteiger charge is -2.19. The van der Waals surface area contributed by atoms with E-state index in [1.165, 1.54) is 13.3 Å². The number of ether oxygens (including phenoxy) is 1. The molecule has 0 radical (unpaired) electrons. The van der Waals surface area contributed by atoms with Crippen molar-refractivity contribution in [1.29, 1.82) is 0 Å². The maximum absolute atomic E-state index is 12.9. The van der Waals surface area contributed by atoms with E-state index in [0.29, 0.717) is 17.9 Å². The van der Waals surface area contributed by atoms with E-state index in [1.54, 1.807) is 23.9 Å². The highest BCUT2D eigenvalue weighted by atomic mass is 32.2. The molecule has 0 spiro atoms. The van der Waals surface area contributed by atoms with Gasteiger partial charge in [0, 0.05) is 11.9 Å². The minimum Gasteiger partial charge on any atom is -0.467 e. The second kappa shape index (κ2) is 10.4. The van der Waals surface area contributed by atoms with Gasteiger partial charge in [-0.05, 0) is 37.0 Å². The Morgan fingerprint density at radius 2 is 1.93 bits per heavy atom. The molecule has 2 N–H and O–H groups in total. The molecule has 0 aliphatic rings. The Hall–Kier alpha value is -2.66. The number of esters is 1. The van der Waals surface area contributed by atoms with Gasteiger partial charge in [0.05, 0.1) is 19.0 Å². The number of anilines is 2. The number of nitrogens with one attached hydrogen (secondary N) is 2. The number of benzene rings is 1. The van der Waals surface area contributed by atoms with Crippen molar-refractivity contribution in [3.63, 3.8) is 0 Å². The molecule has 1 unspecified atom stereocenters. The van der Waals surface area contributed by atoms with Gasteiger partial charge in [0.15, 0.2) is 5.69 Å². The second-order valence-electron chi connectivity index (χ2n) is 6.46.